The van der Waals surface area contributed by atoms with Crippen LogP contribution in [0.2, 0.25) is 0 Å². The molecule has 1 N–H and O–H groups in total. The van der Waals surface area contributed by atoms with Crippen molar-refractivity contribution in [2.45, 2.75) is 58.4 Å². The van der Waals surface area contributed by atoms with Gasteiger partial charge in [-0.2, -0.15) is 0 Å². The monoisotopic (exact) mass is 276 g/mol. The minimum atomic E-state index is -0.495. The first-order chi connectivity index (χ1) is 9.41. The van der Waals surface area contributed by atoms with Crippen LogP contribution in [0.1, 0.15) is 58.7 Å². The maximum absolute atomic E-state index is 12.6. The van der Waals surface area contributed by atoms with Crippen LogP contribution in [0.25, 0.3) is 0 Å². The summed E-state index contributed by atoms with van der Waals surface area (Å²) in [6, 6.07) is 2.00. The van der Waals surface area contributed by atoms with Crippen molar-refractivity contribution in [2.75, 3.05) is 6.61 Å². The average Bonchev–Trinajstić information content (AvgIpc) is 2.40. The van der Waals surface area contributed by atoms with Gasteiger partial charge in [-0.25, -0.2) is 0 Å². The molecule has 0 fully saturated rings. The van der Waals surface area contributed by atoms with Crippen LogP contribution in [-0.4, -0.2) is 17.5 Å². The van der Waals surface area contributed by atoms with Crippen molar-refractivity contribution in [1.29, 1.82) is 0 Å². The molecule has 0 bridgehead atoms. The molecule has 0 atom stereocenters. The van der Waals surface area contributed by atoms with E-state index in [1.165, 1.54) is 0 Å². The SMILES string of the molecule is CCOc1cnc2c(c1)C(CC)(CC)C(=O)NC2(C)C. The minimum Gasteiger partial charge on any atom is -0.492 e. The van der Waals surface area contributed by atoms with Crippen LogP contribution >= 0.6 is 0 Å². The van der Waals surface area contributed by atoms with E-state index >= 15 is 0 Å². The highest BCUT2D eigenvalue weighted by molar-refractivity contribution is 5.91. The first-order valence-electron chi connectivity index (χ1n) is 7.37. The third-order valence-electron chi connectivity index (χ3n) is 4.35. The summed E-state index contributed by atoms with van der Waals surface area (Å²) in [4.78, 5) is 17.2. The van der Waals surface area contributed by atoms with Crippen molar-refractivity contribution in [3.63, 3.8) is 0 Å². The van der Waals surface area contributed by atoms with Gasteiger partial charge in [-0.1, -0.05) is 13.8 Å². The Morgan fingerprint density at radius 1 is 1.25 bits per heavy atom. The van der Waals surface area contributed by atoms with E-state index in [4.69, 9.17) is 4.74 Å². The molecule has 4 heteroatoms. The van der Waals surface area contributed by atoms with Crippen molar-refractivity contribution in [2.24, 2.45) is 0 Å². The molecule has 2 heterocycles. The highest BCUT2D eigenvalue weighted by atomic mass is 16.5. The van der Waals surface area contributed by atoms with Crippen molar-refractivity contribution < 1.29 is 9.53 Å². The smallest absolute Gasteiger partial charge is 0.231 e. The number of carbonyl (C=O) groups excluding carboxylic acids is 1. The maximum Gasteiger partial charge on any atom is 0.231 e. The molecule has 0 aliphatic carbocycles. The predicted molar refractivity (Wildman–Crippen MR) is 78.8 cm³/mol. The number of hydrogen-bond donors (Lipinski definition) is 1. The lowest BCUT2D eigenvalue weighted by molar-refractivity contribution is -0.130. The second-order valence-corrected chi connectivity index (χ2v) is 5.87. The summed E-state index contributed by atoms with van der Waals surface area (Å²) in [6.45, 7) is 10.6. The van der Waals surface area contributed by atoms with Gasteiger partial charge in [-0.3, -0.25) is 9.78 Å². The Morgan fingerprint density at radius 3 is 2.45 bits per heavy atom. The number of hydrogen-bond acceptors (Lipinski definition) is 3. The van der Waals surface area contributed by atoms with E-state index in [-0.39, 0.29) is 5.91 Å². The molecular weight excluding hydrogens is 252 g/mol. The largest absolute Gasteiger partial charge is 0.492 e. The van der Waals surface area contributed by atoms with Crippen LogP contribution in [0, 0.1) is 0 Å². The number of ether oxygens (including phenoxy) is 1. The standard InChI is InChI=1S/C16H24N2O2/c1-6-16(7-2)12-9-11(20-8-3)10-17-13(12)15(4,5)18-14(16)19/h9-10H,6-8H2,1-5H3,(H,18,19). The highest BCUT2D eigenvalue weighted by Gasteiger charge is 2.48. The van der Waals surface area contributed by atoms with Crippen molar-refractivity contribution in [3.05, 3.63) is 23.5 Å². The Morgan fingerprint density at radius 2 is 1.90 bits per heavy atom. The summed E-state index contributed by atoms with van der Waals surface area (Å²) in [6.07, 6.45) is 3.27. The quantitative estimate of drug-likeness (QED) is 0.920. The van der Waals surface area contributed by atoms with Gasteiger partial charge in [-0.05, 0) is 45.2 Å². The molecule has 0 saturated carbocycles. The number of rotatable bonds is 4. The number of carbonyl (C=O) groups is 1. The molecule has 0 spiro atoms. The molecule has 1 amide bonds. The molecule has 0 unspecified atom stereocenters. The molecule has 110 valence electrons. The van der Waals surface area contributed by atoms with E-state index in [0.717, 1.165) is 29.8 Å². The van der Waals surface area contributed by atoms with Gasteiger partial charge >= 0.3 is 0 Å². The van der Waals surface area contributed by atoms with E-state index in [1.54, 1.807) is 6.20 Å². The Bertz CT molecular complexity index is 519. The zero-order chi connectivity index (χ0) is 15.0. The van der Waals surface area contributed by atoms with E-state index in [2.05, 4.69) is 24.1 Å². The topological polar surface area (TPSA) is 51.2 Å². The second kappa shape index (κ2) is 5.08. The number of amides is 1. The minimum absolute atomic E-state index is 0.0930. The van der Waals surface area contributed by atoms with Gasteiger partial charge in [0.15, 0.2) is 0 Å². The summed E-state index contributed by atoms with van der Waals surface area (Å²) in [5.41, 5.74) is 1.03. The van der Waals surface area contributed by atoms with Gasteiger partial charge in [0.25, 0.3) is 0 Å². The molecule has 20 heavy (non-hydrogen) atoms. The molecule has 0 radical (unpaired) electrons. The molecule has 1 aliphatic heterocycles. The van der Waals surface area contributed by atoms with Gasteiger partial charge in [0.2, 0.25) is 5.91 Å². The van der Waals surface area contributed by atoms with Crippen LogP contribution in [-0.2, 0) is 15.7 Å². The van der Waals surface area contributed by atoms with Gasteiger partial charge in [-0.15, -0.1) is 0 Å². The molecule has 4 nitrogen and oxygen atoms in total. The predicted octanol–water partition coefficient (Wildman–Crippen LogP) is 2.90. The lowest BCUT2D eigenvalue weighted by Crippen LogP contribution is -2.57. The van der Waals surface area contributed by atoms with Crippen molar-refractivity contribution >= 4 is 5.91 Å². The summed E-state index contributed by atoms with van der Waals surface area (Å²) in [7, 11) is 0. The second-order valence-electron chi connectivity index (χ2n) is 5.87. The summed E-state index contributed by atoms with van der Waals surface area (Å²) < 4.78 is 5.56. The number of aromatic nitrogens is 1. The van der Waals surface area contributed by atoms with Crippen LogP contribution in [0.15, 0.2) is 12.3 Å². The summed E-state index contributed by atoms with van der Waals surface area (Å²) in [5.74, 6) is 0.832. The van der Waals surface area contributed by atoms with E-state index in [9.17, 15) is 4.79 Å². The van der Waals surface area contributed by atoms with Crippen LogP contribution in [0.3, 0.4) is 0 Å². The first kappa shape index (κ1) is 14.8. The normalized spacial score (nSPS) is 19.1. The zero-order valence-corrected chi connectivity index (χ0v) is 13.0. The van der Waals surface area contributed by atoms with Gasteiger partial charge in [0.1, 0.15) is 5.75 Å². The lowest BCUT2D eigenvalue weighted by atomic mass is 9.69. The number of fused-ring (bicyclic) bond motifs is 1. The average molecular weight is 276 g/mol. The third kappa shape index (κ3) is 2.07. The van der Waals surface area contributed by atoms with Crippen LogP contribution < -0.4 is 10.1 Å². The first-order valence-corrected chi connectivity index (χ1v) is 7.37. The van der Waals surface area contributed by atoms with Crippen LogP contribution in [0.4, 0.5) is 0 Å². The van der Waals surface area contributed by atoms with Gasteiger partial charge in [0.05, 0.1) is 29.5 Å². The Balaban J connectivity index is 2.67. The molecule has 0 saturated heterocycles. The molecule has 2 rings (SSSR count). The van der Waals surface area contributed by atoms with Crippen molar-refractivity contribution in [1.82, 2.24) is 10.3 Å². The lowest BCUT2D eigenvalue weighted by Gasteiger charge is -2.43. The fourth-order valence-electron chi connectivity index (χ4n) is 3.09. The molecule has 1 aromatic rings. The fraction of sp³-hybridized carbons (Fsp3) is 0.625. The molecule has 1 aliphatic rings. The van der Waals surface area contributed by atoms with Gasteiger partial charge in [0, 0.05) is 0 Å². The molecular formula is C16H24N2O2. The fourth-order valence-corrected chi connectivity index (χ4v) is 3.09. The number of pyridine rings is 1. The van der Waals surface area contributed by atoms with Crippen LogP contribution in [0.5, 0.6) is 5.75 Å². The summed E-state index contributed by atoms with van der Waals surface area (Å²) >= 11 is 0. The maximum atomic E-state index is 12.6. The zero-order valence-electron chi connectivity index (χ0n) is 13.0. The van der Waals surface area contributed by atoms with Gasteiger partial charge < -0.3 is 10.1 Å². The Labute approximate surface area is 120 Å². The molecule has 1 aromatic heterocycles. The Hall–Kier alpha value is -1.58. The van der Waals surface area contributed by atoms with E-state index in [0.29, 0.717) is 6.61 Å². The number of nitrogens with one attached hydrogen (secondary N) is 1. The summed E-state index contributed by atoms with van der Waals surface area (Å²) in [5, 5.41) is 3.11. The van der Waals surface area contributed by atoms with E-state index in [1.807, 2.05) is 26.8 Å². The van der Waals surface area contributed by atoms with E-state index < -0.39 is 11.0 Å². The van der Waals surface area contributed by atoms with Crippen molar-refractivity contribution in [3.8, 4) is 5.75 Å². The number of nitrogens with zero attached hydrogens (tertiary/aromatic N) is 1. The third-order valence-corrected chi connectivity index (χ3v) is 4.35. The molecule has 0 aromatic carbocycles. The Kier molecular flexibility index (Phi) is 3.76. The highest BCUT2D eigenvalue weighted by Crippen LogP contribution is 2.42.